The lowest BCUT2D eigenvalue weighted by Gasteiger charge is -2.28. The molecule has 1 atom stereocenters. The molecule has 150 valence electrons. The summed E-state index contributed by atoms with van der Waals surface area (Å²) in [5.74, 6) is -1.78. The Morgan fingerprint density at radius 2 is 1.81 bits per heavy atom. The second-order valence-corrected chi connectivity index (χ2v) is 7.15. The number of aliphatic carboxylic acids is 1. The summed E-state index contributed by atoms with van der Waals surface area (Å²) in [6.07, 6.45) is -1.25. The third-order valence-corrected chi connectivity index (χ3v) is 3.43. The quantitative estimate of drug-likeness (QED) is 0.718. The molecule has 2 amide bonds. The smallest absolute Gasteiger partial charge is 0.410 e. The maximum absolute atomic E-state index is 12.3. The van der Waals surface area contributed by atoms with Gasteiger partial charge in [-0.3, -0.25) is 4.79 Å². The van der Waals surface area contributed by atoms with E-state index in [1.807, 2.05) is 30.3 Å². The molecule has 0 radical (unpaired) electrons. The number of hydrogen-bond donors (Lipinski definition) is 2. The van der Waals surface area contributed by atoms with Crippen LogP contribution in [0.5, 0.6) is 0 Å². The standard InChI is InChI=1S/C19H28N2O6/c1-14(16(22)23)12-21(18(25)27-19(2,3)4)11-10-20-17(24)26-13-15-8-6-5-7-9-15/h5-9,14H,10-13H2,1-4H3,(H,20,24)(H,22,23)/t14-/m0/s1. The first-order valence-electron chi connectivity index (χ1n) is 8.74. The van der Waals surface area contributed by atoms with Crippen LogP contribution >= 0.6 is 0 Å². The highest BCUT2D eigenvalue weighted by molar-refractivity contribution is 5.72. The Balaban J connectivity index is 2.50. The van der Waals surface area contributed by atoms with Gasteiger partial charge in [0.2, 0.25) is 0 Å². The summed E-state index contributed by atoms with van der Waals surface area (Å²) < 4.78 is 10.4. The van der Waals surface area contributed by atoms with Gasteiger partial charge in [0.05, 0.1) is 5.92 Å². The lowest BCUT2D eigenvalue weighted by Crippen LogP contribution is -2.44. The lowest BCUT2D eigenvalue weighted by molar-refractivity contribution is -0.141. The molecule has 0 aliphatic carbocycles. The molecule has 0 bridgehead atoms. The van der Waals surface area contributed by atoms with Gasteiger partial charge in [-0.15, -0.1) is 0 Å². The van der Waals surface area contributed by atoms with E-state index in [-0.39, 0.29) is 26.2 Å². The van der Waals surface area contributed by atoms with Crippen LogP contribution < -0.4 is 5.32 Å². The fourth-order valence-electron chi connectivity index (χ4n) is 2.06. The number of rotatable bonds is 8. The number of carboxylic acid groups (broad SMARTS) is 1. The molecule has 8 nitrogen and oxygen atoms in total. The highest BCUT2D eigenvalue weighted by Crippen LogP contribution is 2.11. The van der Waals surface area contributed by atoms with Gasteiger partial charge in [0, 0.05) is 19.6 Å². The van der Waals surface area contributed by atoms with Crippen LogP contribution in [0.4, 0.5) is 9.59 Å². The van der Waals surface area contributed by atoms with Gasteiger partial charge in [-0.25, -0.2) is 9.59 Å². The van der Waals surface area contributed by atoms with Crippen molar-refractivity contribution in [3.05, 3.63) is 35.9 Å². The van der Waals surface area contributed by atoms with Crippen LogP contribution in [0.25, 0.3) is 0 Å². The number of carboxylic acids is 1. The number of ether oxygens (including phenoxy) is 2. The van der Waals surface area contributed by atoms with Crippen LogP contribution in [0.15, 0.2) is 30.3 Å². The van der Waals surface area contributed by atoms with Crippen LogP contribution in [0.1, 0.15) is 33.3 Å². The third-order valence-electron chi connectivity index (χ3n) is 3.43. The SMILES string of the molecule is C[C@@H](CN(CCNC(=O)OCc1ccccc1)C(=O)OC(C)(C)C)C(=O)O. The van der Waals surface area contributed by atoms with Crippen molar-refractivity contribution in [3.63, 3.8) is 0 Å². The largest absolute Gasteiger partial charge is 0.481 e. The van der Waals surface area contributed by atoms with Gasteiger partial charge in [0.25, 0.3) is 0 Å². The number of benzene rings is 1. The maximum atomic E-state index is 12.3. The van der Waals surface area contributed by atoms with Crippen molar-refractivity contribution in [3.8, 4) is 0 Å². The Hall–Kier alpha value is -2.77. The molecule has 0 saturated heterocycles. The molecule has 1 aromatic rings. The van der Waals surface area contributed by atoms with Crippen molar-refractivity contribution in [2.45, 2.75) is 39.9 Å². The predicted octanol–water partition coefficient (Wildman–Crippen LogP) is 2.87. The molecule has 0 heterocycles. The maximum Gasteiger partial charge on any atom is 0.410 e. The molecule has 1 rings (SSSR count). The third kappa shape index (κ3) is 9.48. The molecule has 0 aromatic heterocycles. The van der Waals surface area contributed by atoms with Gasteiger partial charge in [0.15, 0.2) is 0 Å². The van der Waals surface area contributed by atoms with Gasteiger partial charge < -0.3 is 24.8 Å². The minimum atomic E-state index is -1.02. The van der Waals surface area contributed by atoms with Crippen molar-refractivity contribution >= 4 is 18.2 Å². The number of nitrogens with one attached hydrogen (secondary N) is 1. The van der Waals surface area contributed by atoms with Gasteiger partial charge in [-0.05, 0) is 26.3 Å². The second kappa shape index (κ2) is 10.4. The second-order valence-electron chi connectivity index (χ2n) is 7.15. The van der Waals surface area contributed by atoms with E-state index in [2.05, 4.69) is 5.32 Å². The van der Waals surface area contributed by atoms with Crippen molar-refractivity contribution in [2.24, 2.45) is 5.92 Å². The van der Waals surface area contributed by atoms with Crippen LogP contribution in [0, 0.1) is 5.92 Å². The number of nitrogens with zero attached hydrogens (tertiary/aromatic N) is 1. The van der Waals surface area contributed by atoms with Crippen LogP contribution in [0.2, 0.25) is 0 Å². The fourth-order valence-corrected chi connectivity index (χ4v) is 2.06. The van der Waals surface area contributed by atoms with Crippen LogP contribution in [-0.4, -0.2) is 53.4 Å². The average Bonchev–Trinajstić information content (AvgIpc) is 2.58. The molecule has 8 heteroatoms. The van der Waals surface area contributed by atoms with E-state index in [9.17, 15) is 14.4 Å². The zero-order chi connectivity index (χ0) is 20.4. The van der Waals surface area contributed by atoms with E-state index in [1.54, 1.807) is 20.8 Å². The van der Waals surface area contributed by atoms with E-state index in [0.717, 1.165) is 5.56 Å². The molecule has 0 aliphatic rings. The Labute approximate surface area is 159 Å². The molecule has 0 fully saturated rings. The van der Waals surface area contributed by atoms with Gasteiger partial charge in [0.1, 0.15) is 12.2 Å². The van der Waals surface area contributed by atoms with Crippen molar-refractivity contribution < 1.29 is 29.0 Å². The molecular weight excluding hydrogens is 352 g/mol. The highest BCUT2D eigenvalue weighted by Gasteiger charge is 2.25. The predicted molar refractivity (Wildman–Crippen MR) is 99.2 cm³/mol. The topological polar surface area (TPSA) is 105 Å². The molecule has 1 aromatic carbocycles. The summed E-state index contributed by atoms with van der Waals surface area (Å²) in [5.41, 5.74) is 0.155. The Kier molecular flexibility index (Phi) is 8.58. The number of alkyl carbamates (subject to hydrolysis) is 1. The van der Waals surface area contributed by atoms with Crippen LogP contribution in [-0.2, 0) is 20.9 Å². The Morgan fingerprint density at radius 3 is 2.37 bits per heavy atom. The minimum Gasteiger partial charge on any atom is -0.481 e. The summed E-state index contributed by atoms with van der Waals surface area (Å²) >= 11 is 0. The zero-order valence-electron chi connectivity index (χ0n) is 16.2. The number of carbonyl (C=O) groups excluding carboxylic acids is 2. The molecule has 0 aliphatic heterocycles. The molecule has 0 spiro atoms. The first-order chi connectivity index (χ1) is 12.6. The number of hydrogen-bond acceptors (Lipinski definition) is 5. The number of carbonyl (C=O) groups is 3. The summed E-state index contributed by atoms with van der Waals surface area (Å²) in [5, 5.41) is 11.6. The molecule has 2 N–H and O–H groups in total. The van der Waals surface area contributed by atoms with Crippen LogP contribution in [0.3, 0.4) is 0 Å². The zero-order valence-corrected chi connectivity index (χ0v) is 16.2. The number of amides is 2. The lowest BCUT2D eigenvalue weighted by atomic mass is 10.1. The van der Waals surface area contributed by atoms with Gasteiger partial charge in [-0.1, -0.05) is 37.3 Å². The molecular formula is C19H28N2O6. The first kappa shape index (κ1) is 22.3. The first-order valence-corrected chi connectivity index (χ1v) is 8.74. The van der Waals surface area contributed by atoms with E-state index in [4.69, 9.17) is 14.6 Å². The summed E-state index contributed by atoms with van der Waals surface area (Å²) in [7, 11) is 0. The molecule has 0 saturated carbocycles. The summed E-state index contributed by atoms with van der Waals surface area (Å²) in [6.45, 7) is 7.01. The van der Waals surface area contributed by atoms with E-state index in [1.165, 1.54) is 11.8 Å². The van der Waals surface area contributed by atoms with Crippen molar-refractivity contribution in [2.75, 3.05) is 19.6 Å². The van der Waals surface area contributed by atoms with Gasteiger partial charge in [-0.2, -0.15) is 0 Å². The Morgan fingerprint density at radius 1 is 1.19 bits per heavy atom. The molecule has 0 unspecified atom stereocenters. The van der Waals surface area contributed by atoms with Crippen molar-refractivity contribution in [1.82, 2.24) is 10.2 Å². The fraction of sp³-hybridized carbons (Fsp3) is 0.526. The Bertz CT molecular complexity index is 627. The monoisotopic (exact) mass is 380 g/mol. The normalized spacial score (nSPS) is 12.0. The minimum absolute atomic E-state index is 0.0228. The van der Waals surface area contributed by atoms with E-state index >= 15 is 0 Å². The molecule has 27 heavy (non-hydrogen) atoms. The average molecular weight is 380 g/mol. The van der Waals surface area contributed by atoms with E-state index in [0.29, 0.717) is 0 Å². The summed E-state index contributed by atoms with van der Waals surface area (Å²) in [4.78, 5) is 36.4. The summed E-state index contributed by atoms with van der Waals surface area (Å²) in [6, 6.07) is 9.24. The van der Waals surface area contributed by atoms with Gasteiger partial charge >= 0.3 is 18.2 Å². The highest BCUT2D eigenvalue weighted by atomic mass is 16.6. The van der Waals surface area contributed by atoms with E-state index < -0.39 is 29.7 Å². The van der Waals surface area contributed by atoms with Crippen molar-refractivity contribution in [1.29, 1.82) is 0 Å².